The van der Waals surface area contributed by atoms with Gasteiger partial charge in [0.1, 0.15) is 6.17 Å². The molecule has 0 spiro atoms. The molecule has 0 unspecified atom stereocenters. The van der Waals surface area contributed by atoms with Crippen molar-refractivity contribution in [2.24, 2.45) is 5.73 Å². The Balaban J connectivity index is 2.26. The zero-order valence-corrected chi connectivity index (χ0v) is 15.7. The Morgan fingerprint density at radius 2 is 1.39 bits per heavy atom. The van der Waals surface area contributed by atoms with Gasteiger partial charge in [0.05, 0.1) is 0 Å². The van der Waals surface area contributed by atoms with Crippen LogP contribution in [0.25, 0.3) is 0 Å². The summed E-state index contributed by atoms with van der Waals surface area (Å²) in [7, 11) is 0. The molecule has 0 aromatic heterocycles. The number of rotatable bonds is 14. The maximum atomic E-state index is 13.6. The van der Waals surface area contributed by atoms with Crippen molar-refractivity contribution in [1.82, 2.24) is 5.32 Å². The summed E-state index contributed by atoms with van der Waals surface area (Å²) in [5.74, 6) is 0. The maximum absolute atomic E-state index is 13.6. The van der Waals surface area contributed by atoms with Gasteiger partial charge in [0.15, 0.2) is 0 Å². The smallest absolute Gasteiger partial charge is 0.117 e. The molecule has 23 heavy (non-hydrogen) atoms. The second-order valence-electron chi connectivity index (χ2n) is 7.62. The average molecular weight is 329 g/mol. The van der Waals surface area contributed by atoms with E-state index in [0.29, 0.717) is 18.5 Å². The van der Waals surface area contributed by atoms with Gasteiger partial charge in [-0.1, -0.05) is 78.1 Å². The zero-order chi connectivity index (χ0) is 16.9. The predicted molar refractivity (Wildman–Crippen MR) is 99.6 cm³/mol. The zero-order valence-electron chi connectivity index (χ0n) is 15.7. The second-order valence-corrected chi connectivity index (χ2v) is 7.62. The van der Waals surface area contributed by atoms with Crippen LogP contribution >= 0.6 is 0 Å². The SMILES string of the molecule is CCCCCCCC(CCCCCCC)N[C@@H]1C[C@@H](F)[C@@H](N)C1. The van der Waals surface area contributed by atoms with E-state index in [1.165, 1.54) is 77.0 Å². The summed E-state index contributed by atoms with van der Waals surface area (Å²) in [5, 5.41) is 3.74. The topological polar surface area (TPSA) is 38.0 Å². The highest BCUT2D eigenvalue weighted by atomic mass is 19.1. The van der Waals surface area contributed by atoms with E-state index in [-0.39, 0.29) is 6.04 Å². The maximum Gasteiger partial charge on any atom is 0.117 e. The molecule has 138 valence electrons. The van der Waals surface area contributed by atoms with Crippen LogP contribution < -0.4 is 11.1 Å². The third kappa shape index (κ3) is 9.66. The Morgan fingerprint density at radius 1 is 0.870 bits per heavy atom. The summed E-state index contributed by atoms with van der Waals surface area (Å²) in [6.45, 7) is 4.52. The van der Waals surface area contributed by atoms with Crippen molar-refractivity contribution in [3.8, 4) is 0 Å². The minimum Gasteiger partial charge on any atom is -0.325 e. The van der Waals surface area contributed by atoms with E-state index in [1.54, 1.807) is 0 Å². The van der Waals surface area contributed by atoms with Crippen LogP contribution in [0, 0.1) is 0 Å². The summed E-state index contributed by atoms with van der Waals surface area (Å²) in [6, 6.07) is 0.624. The number of halogens is 1. The van der Waals surface area contributed by atoms with Gasteiger partial charge in [-0.2, -0.15) is 0 Å². The van der Waals surface area contributed by atoms with Crippen LogP contribution in [0.5, 0.6) is 0 Å². The van der Waals surface area contributed by atoms with E-state index in [0.717, 1.165) is 6.42 Å². The molecule has 0 radical (unpaired) electrons. The number of hydrogen-bond acceptors (Lipinski definition) is 2. The van der Waals surface area contributed by atoms with Crippen molar-refractivity contribution in [3.63, 3.8) is 0 Å². The molecule has 2 nitrogen and oxygen atoms in total. The van der Waals surface area contributed by atoms with Crippen LogP contribution in [0.4, 0.5) is 4.39 Å². The van der Waals surface area contributed by atoms with Gasteiger partial charge in [-0.15, -0.1) is 0 Å². The van der Waals surface area contributed by atoms with Gasteiger partial charge in [0.25, 0.3) is 0 Å². The molecule has 0 aromatic rings. The summed E-state index contributed by atoms with van der Waals surface area (Å²) >= 11 is 0. The first-order valence-electron chi connectivity index (χ1n) is 10.3. The highest BCUT2D eigenvalue weighted by molar-refractivity contribution is 4.91. The minimum atomic E-state index is -0.803. The van der Waals surface area contributed by atoms with Gasteiger partial charge in [0, 0.05) is 18.1 Å². The molecule has 3 N–H and O–H groups in total. The molecule has 1 aliphatic rings. The lowest BCUT2D eigenvalue weighted by molar-refractivity contribution is 0.302. The number of nitrogens with two attached hydrogens (primary N) is 1. The number of nitrogens with one attached hydrogen (secondary N) is 1. The van der Waals surface area contributed by atoms with Crippen molar-refractivity contribution < 1.29 is 4.39 Å². The average Bonchev–Trinajstić information content (AvgIpc) is 2.84. The highest BCUT2D eigenvalue weighted by Crippen LogP contribution is 2.23. The highest BCUT2D eigenvalue weighted by Gasteiger charge is 2.32. The predicted octanol–water partition coefficient (Wildman–Crippen LogP) is 5.49. The van der Waals surface area contributed by atoms with Gasteiger partial charge < -0.3 is 11.1 Å². The molecule has 1 fully saturated rings. The van der Waals surface area contributed by atoms with Crippen molar-refractivity contribution >= 4 is 0 Å². The van der Waals surface area contributed by atoms with Crippen molar-refractivity contribution in [2.45, 2.75) is 128 Å². The first-order chi connectivity index (χ1) is 11.2. The molecular weight excluding hydrogens is 287 g/mol. The molecule has 0 saturated heterocycles. The number of hydrogen-bond donors (Lipinski definition) is 2. The standard InChI is InChI=1S/C20H41FN2/c1-3-5-7-9-11-13-17(14-12-10-8-6-4-2)23-18-15-19(21)20(22)16-18/h17-20,23H,3-16,22H2,1-2H3/t18-,19-,20+/m1/s1. The van der Waals surface area contributed by atoms with E-state index in [1.807, 2.05) is 0 Å². The fourth-order valence-corrected chi connectivity index (χ4v) is 3.79. The normalized spacial score (nSPS) is 24.7. The third-order valence-corrected chi connectivity index (χ3v) is 5.31. The number of unbranched alkanes of at least 4 members (excludes halogenated alkanes) is 8. The molecule has 3 heteroatoms. The Labute approximate surface area is 144 Å². The molecule has 0 aliphatic heterocycles. The molecule has 0 heterocycles. The van der Waals surface area contributed by atoms with Crippen LogP contribution in [-0.2, 0) is 0 Å². The Morgan fingerprint density at radius 3 is 1.83 bits per heavy atom. The van der Waals surface area contributed by atoms with Crippen LogP contribution in [0.2, 0.25) is 0 Å². The van der Waals surface area contributed by atoms with Gasteiger partial charge in [-0.05, 0) is 25.7 Å². The number of alkyl halides is 1. The van der Waals surface area contributed by atoms with Gasteiger partial charge in [0.2, 0.25) is 0 Å². The van der Waals surface area contributed by atoms with Crippen molar-refractivity contribution in [2.75, 3.05) is 0 Å². The second kappa shape index (κ2) is 13.2. The van der Waals surface area contributed by atoms with E-state index in [9.17, 15) is 4.39 Å². The lowest BCUT2D eigenvalue weighted by Gasteiger charge is -2.23. The molecule has 3 atom stereocenters. The monoisotopic (exact) mass is 328 g/mol. The quantitative estimate of drug-likeness (QED) is 0.414. The van der Waals surface area contributed by atoms with Gasteiger partial charge in [-0.25, -0.2) is 4.39 Å². The van der Waals surface area contributed by atoms with E-state index >= 15 is 0 Å². The lowest BCUT2D eigenvalue weighted by Crippen LogP contribution is -2.37. The van der Waals surface area contributed by atoms with Crippen LogP contribution in [0.3, 0.4) is 0 Å². The van der Waals surface area contributed by atoms with Gasteiger partial charge >= 0.3 is 0 Å². The Kier molecular flexibility index (Phi) is 12.0. The lowest BCUT2D eigenvalue weighted by atomic mass is 9.99. The molecule has 1 rings (SSSR count). The van der Waals surface area contributed by atoms with Crippen LogP contribution in [0.1, 0.15) is 104 Å². The summed E-state index contributed by atoms with van der Waals surface area (Å²) in [4.78, 5) is 0. The molecule has 1 aliphatic carbocycles. The fraction of sp³-hybridized carbons (Fsp3) is 1.00. The molecule has 1 saturated carbocycles. The first kappa shape index (κ1) is 20.9. The summed E-state index contributed by atoms with van der Waals surface area (Å²) in [6.07, 6.45) is 16.5. The molecular formula is C20H41FN2. The third-order valence-electron chi connectivity index (χ3n) is 5.31. The summed E-state index contributed by atoms with van der Waals surface area (Å²) < 4.78 is 13.6. The fourth-order valence-electron chi connectivity index (χ4n) is 3.79. The minimum absolute atomic E-state index is 0.248. The Hall–Kier alpha value is -0.150. The van der Waals surface area contributed by atoms with Crippen LogP contribution in [-0.4, -0.2) is 24.3 Å². The van der Waals surface area contributed by atoms with Crippen molar-refractivity contribution in [1.29, 1.82) is 0 Å². The van der Waals surface area contributed by atoms with Crippen LogP contribution in [0.15, 0.2) is 0 Å². The van der Waals surface area contributed by atoms with Gasteiger partial charge in [-0.3, -0.25) is 0 Å². The van der Waals surface area contributed by atoms with E-state index in [2.05, 4.69) is 19.2 Å². The largest absolute Gasteiger partial charge is 0.325 e. The molecule has 0 aromatic carbocycles. The van der Waals surface area contributed by atoms with E-state index < -0.39 is 6.17 Å². The molecule has 0 bridgehead atoms. The summed E-state index contributed by atoms with van der Waals surface area (Å²) in [5.41, 5.74) is 5.84. The molecule has 0 amide bonds. The van der Waals surface area contributed by atoms with E-state index in [4.69, 9.17) is 5.73 Å². The Bertz CT molecular complexity index is 248. The van der Waals surface area contributed by atoms with Crippen molar-refractivity contribution in [3.05, 3.63) is 0 Å². The first-order valence-corrected chi connectivity index (χ1v) is 10.3.